The molecule has 0 bridgehead atoms. The highest BCUT2D eigenvalue weighted by atomic mass is 14.7. The summed E-state index contributed by atoms with van der Waals surface area (Å²) in [4.78, 5) is 0. The lowest BCUT2D eigenvalue weighted by molar-refractivity contribution is 0.766. The van der Waals surface area contributed by atoms with Gasteiger partial charge in [-0.05, 0) is 12.3 Å². The minimum Gasteiger partial charge on any atom is -0.323 e. The Morgan fingerprint density at radius 1 is 1.70 bits per heavy atom. The summed E-state index contributed by atoms with van der Waals surface area (Å²) in [6, 6.07) is -0.127. The molecule has 1 unspecified atom stereocenters. The Bertz CT molecular complexity index is 127. The second-order valence-corrected chi connectivity index (χ2v) is 2.74. The number of rotatable bonds is 4. The van der Waals surface area contributed by atoms with Gasteiger partial charge >= 0.3 is 0 Å². The summed E-state index contributed by atoms with van der Waals surface area (Å²) in [5.41, 5.74) is 6.24. The summed E-state index contributed by atoms with van der Waals surface area (Å²) < 4.78 is 0. The lowest BCUT2D eigenvalue weighted by Gasteiger charge is -2.13. The average Bonchev–Trinajstić information content (AvgIpc) is 1.87. The van der Waals surface area contributed by atoms with Crippen LogP contribution in [-0.2, 0) is 0 Å². The zero-order valence-electron chi connectivity index (χ0n) is 6.72. The van der Waals surface area contributed by atoms with E-state index >= 15 is 0 Å². The van der Waals surface area contributed by atoms with E-state index in [2.05, 4.69) is 6.58 Å². The van der Waals surface area contributed by atoms with Crippen LogP contribution < -0.4 is 5.73 Å². The Balaban J connectivity index is 3.81. The predicted octanol–water partition coefficient (Wildman–Crippen LogP) is 1.57. The molecular formula is C8H16N2. The first-order valence-corrected chi connectivity index (χ1v) is 3.54. The molecule has 2 heteroatoms. The van der Waals surface area contributed by atoms with Gasteiger partial charge in [-0.25, -0.2) is 0 Å². The van der Waals surface area contributed by atoms with Crippen LogP contribution in [0.2, 0.25) is 0 Å². The van der Waals surface area contributed by atoms with Crippen molar-refractivity contribution in [2.75, 3.05) is 0 Å². The molecule has 0 aliphatic rings. The van der Waals surface area contributed by atoms with E-state index in [-0.39, 0.29) is 12.0 Å². The van der Waals surface area contributed by atoms with Gasteiger partial charge in [-0.1, -0.05) is 19.9 Å². The maximum atomic E-state index is 7.48. The molecule has 0 aromatic carbocycles. The first-order chi connectivity index (χ1) is 4.59. The molecule has 10 heavy (non-hydrogen) atoms. The predicted molar refractivity (Wildman–Crippen MR) is 45.4 cm³/mol. The third-order valence-electron chi connectivity index (χ3n) is 1.44. The zero-order chi connectivity index (χ0) is 8.15. The Hall–Kier alpha value is -0.630. The molecule has 3 N–H and O–H groups in total. The molecule has 0 amide bonds. The van der Waals surface area contributed by atoms with E-state index in [4.69, 9.17) is 11.1 Å². The molecule has 0 aromatic heterocycles. The summed E-state index contributed by atoms with van der Waals surface area (Å²) in [6.07, 6.45) is 2.46. The molecule has 0 aliphatic carbocycles. The second-order valence-electron chi connectivity index (χ2n) is 2.74. The quantitative estimate of drug-likeness (QED) is 0.452. The molecule has 0 saturated carbocycles. The molecule has 0 spiro atoms. The van der Waals surface area contributed by atoms with Crippen LogP contribution in [0.5, 0.6) is 0 Å². The van der Waals surface area contributed by atoms with E-state index in [9.17, 15) is 0 Å². The van der Waals surface area contributed by atoms with Gasteiger partial charge in [-0.15, -0.1) is 6.58 Å². The van der Waals surface area contributed by atoms with Gasteiger partial charge in [0.25, 0.3) is 0 Å². The summed E-state index contributed by atoms with van der Waals surface area (Å²) in [6.45, 7) is 7.52. The van der Waals surface area contributed by atoms with Crippen molar-refractivity contribution in [3.63, 3.8) is 0 Å². The van der Waals surface area contributed by atoms with E-state index in [1.165, 1.54) is 0 Å². The van der Waals surface area contributed by atoms with Crippen LogP contribution in [0.15, 0.2) is 12.7 Å². The van der Waals surface area contributed by atoms with Gasteiger partial charge in [0, 0.05) is 11.8 Å². The second kappa shape index (κ2) is 4.23. The van der Waals surface area contributed by atoms with Gasteiger partial charge in [0.15, 0.2) is 0 Å². The van der Waals surface area contributed by atoms with Crippen molar-refractivity contribution >= 4 is 5.71 Å². The van der Waals surface area contributed by atoms with E-state index in [0.29, 0.717) is 12.1 Å². The molecule has 0 heterocycles. The van der Waals surface area contributed by atoms with Gasteiger partial charge in [0.05, 0.1) is 0 Å². The zero-order valence-corrected chi connectivity index (χ0v) is 6.72. The Morgan fingerprint density at radius 2 is 2.20 bits per heavy atom. The van der Waals surface area contributed by atoms with Crippen molar-refractivity contribution in [2.45, 2.75) is 26.3 Å². The molecule has 0 fully saturated rings. The summed E-state index contributed by atoms with van der Waals surface area (Å²) in [7, 11) is 0. The van der Waals surface area contributed by atoms with Gasteiger partial charge in [0.2, 0.25) is 0 Å². The van der Waals surface area contributed by atoms with Gasteiger partial charge in [-0.2, -0.15) is 0 Å². The highest BCUT2D eigenvalue weighted by Gasteiger charge is 2.10. The Kier molecular flexibility index (Phi) is 3.96. The lowest BCUT2D eigenvalue weighted by Crippen LogP contribution is -2.32. The normalized spacial score (nSPS) is 13.2. The van der Waals surface area contributed by atoms with Crippen molar-refractivity contribution in [1.29, 1.82) is 5.41 Å². The fraction of sp³-hybridized carbons (Fsp3) is 0.625. The summed E-state index contributed by atoms with van der Waals surface area (Å²) in [5.74, 6) is 0.259. The lowest BCUT2D eigenvalue weighted by atomic mass is 9.99. The third kappa shape index (κ3) is 2.78. The van der Waals surface area contributed by atoms with Crippen molar-refractivity contribution in [2.24, 2.45) is 11.7 Å². The molecule has 2 nitrogen and oxygen atoms in total. The molecule has 0 radical (unpaired) electrons. The third-order valence-corrected chi connectivity index (χ3v) is 1.44. The van der Waals surface area contributed by atoms with Crippen LogP contribution in [0.3, 0.4) is 0 Å². The fourth-order valence-electron chi connectivity index (χ4n) is 0.735. The number of hydrogen-bond donors (Lipinski definition) is 2. The van der Waals surface area contributed by atoms with Crippen LogP contribution in [0, 0.1) is 11.3 Å². The van der Waals surface area contributed by atoms with E-state index in [1.54, 1.807) is 6.08 Å². The van der Waals surface area contributed by atoms with Crippen LogP contribution >= 0.6 is 0 Å². The molecule has 0 rings (SSSR count). The van der Waals surface area contributed by atoms with Crippen LogP contribution in [0.1, 0.15) is 20.3 Å². The minimum atomic E-state index is -0.127. The van der Waals surface area contributed by atoms with E-state index in [1.807, 2.05) is 13.8 Å². The molecule has 0 aromatic rings. The Labute approximate surface area is 62.6 Å². The highest BCUT2D eigenvalue weighted by Crippen LogP contribution is 2.01. The maximum Gasteiger partial charge on any atom is 0.0460 e. The highest BCUT2D eigenvalue weighted by molar-refractivity contribution is 5.88. The topological polar surface area (TPSA) is 49.9 Å². The van der Waals surface area contributed by atoms with Crippen LogP contribution in [0.25, 0.3) is 0 Å². The van der Waals surface area contributed by atoms with Gasteiger partial charge < -0.3 is 11.1 Å². The average molecular weight is 140 g/mol. The van der Waals surface area contributed by atoms with Crippen molar-refractivity contribution in [3.8, 4) is 0 Å². The molecule has 58 valence electrons. The standard InChI is InChI=1S/C8H16N2/c1-4-5-7(9)8(10)6(2)3/h4,6-7,10H,1,5,9H2,2-3H3. The van der Waals surface area contributed by atoms with Crippen LogP contribution in [-0.4, -0.2) is 11.8 Å². The number of hydrogen-bond acceptors (Lipinski definition) is 2. The van der Waals surface area contributed by atoms with E-state index < -0.39 is 0 Å². The first kappa shape index (κ1) is 9.37. The fourth-order valence-corrected chi connectivity index (χ4v) is 0.735. The first-order valence-electron chi connectivity index (χ1n) is 3.54. The molecular weight excluding hydrogens is 124 g/mol. The smallest absolute Gasteiger partial charge is 0.0460 e. The summed E-state index contributed by atoms with van der Waals surface area (Å²) >= 11 is 0. The monoisotopic (exact) mass is 140 g/mol. The van der Waals surface area contributed by atoms with Gasteiger partial charge in [-0.3, -0.25) is 0 Å². The maximum absolute atomic E-state index is 7.48. The SMILES string of the molecule is C=CCC(N)C(=N)C(C)C. The van der Waals surface area contributed by atoms with Crippen LogP contribution in [0.4, 0.5) is 0 Å². The molecule has 0 aliphatic heterocycles. The van der Waals surface area contributed by atoms with Crippen molar-refractivity contribution in [1.82, 2.24) is 0 Å². The van der Waals surface area contributed by atoms with Crippen molar-refractivity contribution in [3.05, 3.63) is 12.7 Å². The Morgan fingerprint density at radius 3 is 2.50 bits per heavy atom. The number of nitrogens with one attached hydrogen (secondary N) is 1. The molecule has 0 saturated heterocycles. The molecule has 1 atom stereocenters. The van der Waals surface area contributed by atoms with E-state index in [0.717, 1.165) is 0 Å². The number of nitrogens with two attached hydrogens (primary N) is 1. The summed E-state index contributed by atoms with van der Waals surface area (Å²) in [5, 5.41) is 7.48. The largest absolute Gasteiger partial charge is 0.323 e. The minimum absolute atomic E-state index is 0.127. The van der Waals surface area contributed by atoms with Gasteiger partial charge in [0.1, 0.15) is 0 Å². The van der Waals surface area contributed by atoms with Crippen molar-refractivity contribution < 1.29 is 0 Å².